The molecule has 0 amide bonds. The summed E-state index contributed by atoms with van der Waals surface area (Å²) in [5, 5.41) is -0.457. The van der Waals surface area contributed by atoms with Gasteiger partial charge in [-0.25, -0.2) is 8.42 Å². The summed E-state index contributed by atoms with van der Waals surface area (Å²) in [5.74, 6) is 1.72. The monoisotopic (exact) mass is 300 g/mol. The van der Waals surface area contributed by atoms with Gasteiger partial charge in [0.15, 0.2) is 9.84 Å². The molecule has 0 spiro atoms. The van der Waals surface area contributed by atoms with Crippen molar-refractivity contribution in [2.45, 2.75) is 19.2 Å². The highest BCUT2D eigenvalue weighted by atomic mass is 32.2. The van der Waals surface area contributed by atoms with E-state index in [-0.39, 0.29) is 5.75 Å². The molecule has 4 nitrogen and oxygen atoms in total. The molecule has 0 saturated carbocycles. The van der Waals surface area contributed by atoms with Crippen molar-refractivity contribution < 1.29 is 8.42 Å². The summed E-state index contributed by atoms with van der Waals surface area (Å²) < 4.78 is 24.4. The van der Waals surface area contributed by atoms with E-state index in [1.54, 1.807) is 18.7 Å². The Balaban J connectivity index is 2.40. The number of nitrogens with zero attached hydrogens (tertiary/aromatic N) is 1. The van der Waals surface area contributed by atoms with Crippen LogP contribution in [0.3, 0.4) is 0 Å². The number of anilines is 2. The lowest BCUT2D eigenvalue weighted by molar-refractivity contribution is 0.580. The average molecular weight is 300 g/mol. The van der Waals surface area contributed by atoms with Gasteiger partial charge in [0.1, 0.15) is 5.37 Å². The first kappa shape index (κ1) is 14.5. The lowest BCUT2D eigenvalue weighted by Gasteiger charge is -2.37. The van der Waals surface area contributed by atoms with E-state index < -0.39 is 15.2 Å². The number of hydrogen-bond donors (Lipinski definition) is 1. The predicted molar refractivity (Wildman–Crippen MR) is 83.5 cm³/mol. The van der Waals surface area contributed by atoms with Crippen LogP contribution in [0.1, 0.15) is 12.5 Å². The summed E-state index contributed by atoms with van der Waals surface area (Å²) in [6.07, 6.45) is 0. The molecule has 2 N–H and O–H groups in total. The molecular weight excluding hydrogens is 280 g/mol. The van der Waals surface area contributed by atoms with E-state index in [9.17, 15) is 8.42 Å². The topological polar surface area (TPSA) is 63.4 Å². The van der Waals surface area contributed by atoms with E-state index >= 15 is 0 Å². The Hall–Kier alpha value is -0.880. The number of hydrogen-bond acceptors (Lipinski definition) is 5. The predicted octanol–water partition coefficient (Wildman–Crippen LogP) is 1.89. The van der Waals surface area contributed by atoms with Gasteiger partial charge in [0, 0.05) is 23.8 Å². The molecule has 19 heavy (non-hydrogen) atoms. The smallest absolute Gasteiger partial charge is 0.171 e. The van der Waals surface area contributed by atoms with E-state index in [2.05, 4.69) is 0 Å². The van der Waals surface area contributed by atoms with E-state index in [1.807, 2.05) is 30.0 Å². The van der Waals surface area contributed by atoms with Crippen LogP contribution in [0, 0.1) is 6.92 Å². The minimum absolute atomic E-state index is 0.167. The van der Waals surface area contributed by atoms with Crippen molar-refractivity contribution in [2.75, 3.05) is 34.4 Å². The molecule has 1 aromatic rings. The quantitative estimate of drug-likeness (QED) is 0.864. The summed E-state index contributed by atoms with van der Waals surface area (Å²) in [4.78, 5) is 1.95. The minimum Gasteiger partial charge on any atom is -0.397 e. The molecule has 106 valence electrons. The van der Waals surface area contributed by atoms with Gasteiger partial charge >= 0.3 is 0 Å². The molecule has 0 aliphatic carbocycles. The molecule has 1 heterocycles. The Kier molecular flexibility index (Phi) is 4.30. The SMILES string of the molecule is CCS(=O)(=O)C1CSCCN1c1ccc(C)cc1N. The van der Waals surface area contributed by atoms with E-state index in [0.29, 0.717) is 11.4 Å². The molecule has 0 bridgehead atoms. The molecule has 1 fully saturated rings. The van der Waals surface area contributed by atoms with Crippen LogP contribution in [0.2, 0.25) is 0 Å². The van der Waals surface area contributed by atoms with Crippen molar-refractivity contribution in [1.82, 2.24) is 0 Å². The molecular formula is C13H20N2O2S2. The zero-order valence-electron chi connectivity index (χ0n) is 11.3. The lowest BCUT2D eigenvalue weighted by Crippen LogP contribution is -2.48. The van der Waals surface area contributed by atoms with Crippen molar-refractivity contribution in [3.63, 3.8) is 0 Å². The van der Waals surface area contributed by atoms with Gasteiger partial charge in [0.05, 0.1) is 11.4 Å². The van der Waals surface area contributed by atoms with Gasteiger partial charge in [0.2, 0.25) is 0 Å². The van der Waals surface area contributed by atoms with Gasteiger partial charge in [-0.15, -0.1) is 0 Å². The highest BCUT2D eigenvalue weighted by molar-refractivity contribution is 8.01. The Bertz CT molecular complexity index is 558. The first-order chi connectivity index (χ1) is 8.95. The van der Waals surface area contributed by atoms with Crippen LogP contribution in [-0.4, -0.2) is 37.6 Å². The van der Waals surface area contributed by atoms with Crippen molar-refractivity contribution in [2.24, 2.45) is 0 Å². The molecule has 1 unspecified atom stereocenters. The number of benzene rings is 1. The van der Waals surface area contributed by atoms with Gasteiger partial charge < -0.3 is 10.6 Å². The van der Waals surface area contributed by atoms with Crippen molar-refractivity contribution in [1.29, 1.82) is 0 Å². The second-order valence-corrected chi connectivity index (χ2v) is 8.33. The normalized spacial score (nSPS) is 20.5. The highest BCUT2D eigenvalue weighted by Crippen LogP contribution is 2.31. The summed E-state index contributed by atoms with van der Waals surface area (Å²) in [6, 6.07) is 5.80. The van der Waals surface area contributed by atoms with E-state index in [4.69, 9.17) is 5.73 Å². The zero-order valence-corrected chi connectivity index (χ0v) is 12.9. The molecule has 1 aliphatic heterocycles. The summed E-state index contributed by atoms with van der Waals surface area (Å²) in [7, 11) is -3.10. The fourth-order valence-electron chi connectivity index (χ4n) is 2.28. The van der Waals surface area contributed by atoms with Crippen LogP contribution in [0.15, 0.2) is 18.2 Å². The fraction of sp³-hybridized carbons (Fsp3) is 0.538. The van der Waals surface area contributed by atoms with Gasteiger partial charge in [-0.2, -0.15) is 11.8 Å². The van der Waals surface area contributed by atoms with Gasteiger partial charge in [-0.05, 0) is 24.6 Å². The number of nitrogens with two attached hydrogens (primary N) is 1. The van der Waals surface area contributed by atoms with Crippen molar-refractivity contribution >= 4 is 33.0 Å². The lowest BCUT2D eigenvalue weighted by atomic mass is 10.2. The largest absolute Gasteiger partial charge is 0.397 e. The van der Waals surface area contributed by atoms with Gasteiger partial charge in [-0.1, -0.05) is 13.0 Å². The van der Waals surface area contributed by atoms with Crippen LogP contribution in [0.5, 0.6) is 0 Å². The van der Waals surface area contributed by atoms with E-state index in [0.717, 1.165) is 23.5 Å². The average Bonchev–Trinajstić information content (AvgIpc) is 2.39. The first-order valence-electron chi connectivity index (χ1n) is 6.38. The summed E-state index contributed by atoms with van der Waals surface area (Å²) >= 11 is 1.69. The molecule has 1 atom stereocenters. The molecule has 6 heteroatoms. The summed E-state index contributed by atoms with van der Waals surface area (Å²) in [5.41, 5.74) is 8.64. The second-order valence-electron chi connectivity index (χ2n) is 4.74. The molecule has 0 radical (unpaired) electrons. The number of thioether (sulfide) groups is 1. The summed E-state index contributed by atoms with van der Waals surface area (Å²) in [6.45, 7) is 4.40. The van der Waals surface area contributed by atoms with Gasteiger partial charge in [-0.3, -0.25) is 0 Å². The second kappa shape index (κ2) is 5.63. The number of rotatable bonds is 3. The third kappa shape index (κ3) is 3.00. The Morgan fingerprint density at radius 2 is 2.21 bits per heavy atom. The van der Waals surface area contributed by atoms with Crippen LogP contribution >= 0.6 is 11.8 Å². The van der Waals surface area contributed by atoms with E-state index in [1.165, 1.54) is 0 Å². The molecule has 1 saturated heterocycles. The van der Waals surface area contributed by atoms with Crippen LogP contribution < -0.4 is 10.6 Å². The Morgan fingerprint density at radius 1 is 1.47 bits per heavy atom. The first-order valence-corrected chi connectivity index (χ1v) is 9.25. The fourth-order valence-corrected chi connectivity index (χ4v) is 5.27. The highest BCUT2D eigenvalue weighted by Gasteiger charge is 2.33. The number of nitrogen functional groups attached to an aromatic ring is 1. The van der Waals surface area contributed by atoms with Crippen LogP contribution in [-0.2, 0) is 9.84 Å². The molecule has 1 aromatic carbocycles. The molecule has 2 rings (SSSR count). The third-order valence-electron chi connectivity index (χ3n) is 3.39. The maximum Gasteiger partial charge on any atom is 0.171 e. The Morgan fingerprint density at radius 3 is 2.84 bits per heavy atom. The van der Waals surface area contributed by atoms with Crippen LogP contribution in [0.25, 0.3) is 0 Å². The van der Waals surface area contributed by atoms with Crippen molar-refractivity contribution in [3.8, 4) is 0 Å². The maximum absolute atomic E-state index is 12.2. The minimum atomic E-state index is -3.10. The number of sulfone groups is 1. The molecule has 1 aliphatic rings. The van der Waals surface area contributed by atoms with Crippen LogP contribution in [0.4, 0.5) is 11.4 Å². The zero-order chi connectivity index (χ0) is 14.0. The maximum atomic E-state index is 12.2. The van der Waals surface area contributed by atoms with Crippen molar-refractivity contribution in [3.05, 3.63) is 23.8 Å². The molecule has 0 aromatic heterocycles. The number of aryl methyl sites for hydroxylation is 1. The third-order valence-corrected chi connectivity index (χ3v) is 6.68. The Labute approximate surface area is 119 Å². The standard InChI is InChI=1S/C13H20N2O2S2/c1-3-19(16,17)13-9-18-7-6-15(13)12-5-4-10(2)8-11(12)14/h4-5,8,13H,3,6-7,9,14H2,1-2H3. The van der Waals surface area contributed by atoms with Gasteiger partial charge in [0.25, 0.3) is 0 Å².